The van der Waals surface area contributed by atoms with Gasteiger partial charge in [-0.15, -0.1) is 0 Å². The molecule has 0 aliphatic heterocycles. The molecule has 0 unspecified atom stereocenters. The molecule has 2 amide bonds. The van der Waals surface area contributed by atoms with Crippen molar-refractivity contribution < 1.29 is 4.79 Å². The first-order valence-corrected chi connectivity index (χ1v) is 9.06. The topological polar surface area (TPSA) is 32.3 Å². The summed E-state index contributed by atoms with van der Waals surface area (Å²) >= 11 is 0. The molecule has 0 saturated heterocycles. The van der Waals surface area contributed by atoms with E-state index >= 15 is 0 Å². The Hall–Kier alpha value is -2.55. The van der Waals surface area contributed by atoms with E-state index in [4.69, 9.17) is 0 Å². The lowest BCUT2D eigenvalue weighted by Crippen LogP contribution is -2.37. The maximum absolute atomic E-state index is 11.9. The van der Waals surface area contributed by atoms with Crippen LogP contribution in [0, 0.1) is 0 Å². The third-order valence-electron chi connectivity index (χ3n) is 4.77. The van der Waals surface area contributed by atoms with Crippen LogP contribution in [-0.2, 0) is 12.8 Å². The third kappa shape index (κ3) is 3.93. The van der Waals surface area contributed by atoms with Crippen molar-refractivity contribution in [3.8, 4) is 0 Å². The van der Waals surface area contributed by atoms with Crippen LogP contribution in [0.1, 0.15) is 35.6 Å². The summed E-state index contributed by atoms with van der Waals surface area (Å²) in [5.41, 5.74) is 6.76. The van der Waals surface area contributed by atoms with E-state index in [-0.39, 0.29) is 6.03 Å². The van der Waals surface area contributed by atoms with Gasteiger partial charge >= 0.3 is 6.03 Å². The summed E-state index contributed by atoms with van der Waals surface area (Å²) in [7, 11) is 1.85. The summed E-state index contributed by atoms with van der Waals surface area (Å²) in [4.78, 5) is 13.6. The minimum absolute atomic E-state index is 0.0115. The number of fused-ring (bicyclic) bond motifs is 2. The molecule has 130 valence electrons. The van der Waals surface area contributed by atoms with Crippen LogP contribution in [-0.4, -0.2) is 31.1 Å². The number of rotatable bonds is 4. The molecule has 1 N–H and O–H groups in total. The molecule has 1 aliphatic carbocycles. The van der Waals surface area contributed by atoms with Gasteiger partial charge in [-0.25, -0.2) is 4.79 Å². The minimum Gasteiger partial charge on any atom is -0.338 e. The van der Waals surface area contributed by atoms with Crippen LogP contribution in [0.5, 0.6) is 0 Å². The fourth-order valence-corrected chi connectivity index (χ4v) is 3.43. The Balaban J connectivity index is 1.88. The zero-order chi connectivity index (χ0) is 17.6. The van der Waals surface area contributed by atoms with Gasteiger partial charge in [-0.3, -0.25) is 0 Å². The molecule has 3 nitrogen and oxygen atoms in total. The first-order chi connectivity index (χ1) is 12.2. The molecule has 3 heteroatoms. The molecule has 25 heavy (non-hydrogen) atoms. The van der Waals surface area contributed by atoms with Gasteiger partial charge in [-0.05, 0) is 54.0 Å². The highest BCUT2D eigenvalue weighted by atomic mass is 16.2. The normalized spacial score (nSPS) is 12.6. The van der Waals surface area contributed by atoms with E-state index in [1.54, 1.807) is 4.90 Å². The highest BCUT2D eigenvalue weighted by molar-refractivity contribution is 5.84. The molecule has 2 aromatic carbocycles. The molecule has 0 fully saturated rings. The number of urea groups is 1. The summed E-state index contributed by atoms with van der Waals surface area (Å²) in [5, 5.41) is 2.84. The summed E-state index contributed by atoms with van der Waals surface area (Å²) < 4.78 is 0. The number of nitrogens with zero attached hydrogens (tertiary/aromatic N) is 1. The third-order valence-corrected chi connectivity index (χ3v) is 4.77. The average Bonchev–Trinajstić information content (AvgIpc) is 2.79. The number of hydrogen-bond donors (Lipinski definition) is 1. The molecule has 0 spiro atoms. The SMILES string of the molecule is CCNC(=O)N(C)CCC=C1c2ccccc2CCc2ccccc21. The van der Waals surface area contributed by atoms with Crippen LogP contribution < -0.4 is 5.32 Å². The summed E-state index contributed by atoms with van der Waals surface area (Å²) in [6, 6.07) is 17.4. The molecule has 0 aromatic heterocycles. The van der Waals surface area contributed by atoms with Gasteiger partial charge in [0.2, 0.25) is 0 Å². The quantitative estimate of drug-likeness (QED) is 0.890. The number of nitrogens with one attached hydrogen (secondary N) is 1. The molecule has 0 heterocycles. The van der Waals surface area contributed by atoms with Crippen LogP contribution in [0.2, 0.25) is 0 Å². The number of aryl methyl sites for hydroxylation is 2. The van der Waals surface area contributed by atoms with Crippen molar-refractivity contribution >= 4 is 11.6 Å². The molecule has 0 bridgehead atoms. The Bertz CT molecular complexity index is 730. The zero-order valence-electron chi connectivity index (χ0n) is 15.1. The average molecular weight is 334 g/mol. The summed E-state index contributed by atoms with van der Waals surface area (Å²) in [6.45, 7) is 3.30. The summed E-state index contributed by atoms with van der Waals surface area (Å²) in [5.74, 6) is 0. The fourth-order valence-electron chi connectivity index (χ4n) is 3.43. The van der Waals surface area contributed by atoms with Crippen LogP contribution in [0.4, 0.5) is 4.79 Å². The first kappa shape index (κ1) is 17.3. The second-order valence-electron chi connectivity index (χ2n) is 6.48. The van der Waals surface area contributed by atoms with Gasteiger partial charge in [0, 0.05) is 20.1 Å². The second kappa shape index (κ2) is 8.02. The van der Waals surface area contributed by atoms with Crippen LogP contribution in [0.25, 0.3) is 5.57 Å². The molecular weight excluding hydrogens is 308 g/mol. The highest BCUT2D eigenvalue weighted by Gasteiger charge is 2.17. The lowest BCUT2D eigenvalue weighted by Gasteiger charge is -2.17. The van der Waals surface area contributed by atoms with Gasteiger partial charge in [0.25, 0.3) is 0 Å². The summed E-state index contributed by atoms with van der Waals surface area (Å²) in [6.07, 6.45) is 5.27. The van der Waals surface area contributed by atoms with Crippen molar-refractivity contribution in [3.05, 3.63) is 76.9 Å². The first-order valence-electron chi connectivity index (χ1n) is 9.06. The van der Waals surface area contributed by atoms with E-state index < -0.39 is 0 Å². The number of carbonyl (C=O) groups is 1. The molecule has 0 saturated carbocycles. The molecule has 2 aromatic rings. The van der Waals surface area contributed by atoms with Gasteiger partial charge in [-0.2, -0.15) is 0 Å². The smallest absolute Gasteiger partial charge is 0.317 e. The standard InChI is InChI=1S/C22H26N2O/c1-3-23-22(25)24(2)16-8-13-21-19-11-6-4-9-17(19)14-15-18-10-5-7-12-20(18)21/h4-7,9-13H,3,8,14-16H2,1-2H3,(H,23,25). The van der Waals surface area contributed by atoms with E-state index in [1.165, 1.54) is 27.8 Å². The molecule has 0 atom stereocenters. The lowest BCUT2D eigenvalue weighted by molar-refractivity contribution is 0.210. The maximum Gasteiger partial charge on any atom is 0.317 e. The number of benzene rings is 2. The van der Waals surface area contributed by atoms with Crippen molar-refractivity contribution in [1.29, 1.82) is 0 Å². The Morgan fingerprint density at radius 2 is 1.60 bits per heavy atom. The van der Waals surface area contributed by atoms with E-state index in [9.17, 15) is 4.79 Å². The molecule has 1 aliphatic rings. The Morgan fingerprint density at radius 3 is 2.16 bits per heavy atom. The predicted octanol–water partition coefficient (Wildman–Crippen LogP) is 4.27. The minimum atomic E-state index is -0.0115. The van der Waals surface area contributed by atoms with Gasteiger partial charge < -0.3 is 10.2 Å². The van der Waals surface area contributed by atoms with Gasteiger partial charge in [-0.1, -0.05) is 54.6 Å². The largest absolute Gasteiger partial charge is 0.338 e. The number of amides is 2. The van der Waals surface area contributed by atoms with E-state index in [0.29, 0.717) is 13.1 Å². The van der Waals surface area contributed by atoms with Crippen molar-refractivity contribution in [1.82, 2.24) is 10.2 Å². The second-order valence-corrected chi connectivity index (χ2v) is 6.48. The van der Waals surface area contributed by atoms with Crippen molar-refractivity contribution in [3.63, 3.8) is 0 Å². The van der Waals surface area contributed by atoms with Gasteiger partial charge in [0.05, 0.1) is 0 Å². The van der Waals surface area contributed by atoms with Crippen molar-refractivity contribution in [2.75, 3.05) is 20.1 Å². The van der Waals surface area contributed by atoms with E-state index in [2.05, 4.69) is 59.9 Å². The number of hydrogen-bond acceptors (Lipinski definition) is 1. The van der Waals surface area contributed by atoms with Crippen LogP contribution in [0.15, 0.2) is 54.6 Å². The molecular formula is C22H26N2O. The Morgan fingerprint density at radius 1 is 1.04 bits per heavy atom. The van der Waals surface area contributed by atoms with E-state index in [0.717, 1.165) is 19.3 Å². The Kier molecular flexibility index (Phi) is 5.54. The number of carbonyl (C=O) groups excluding carboxylic acids is 1. The van der Waals surface area contributed by atoms with E-state index in [1.807, 2.05) is 14.0 Å². The van der Waals surface area contributed by atoms with Crippen molar-refractivity contribution in [2.45, 2.75) is 26.2 Å². The highest BCUT2D eigenvalue weighted by Crippen LogP contribution is 2.33. The van der Waals surface area contributed by atoms with Crippen LogP contribution in [0.3, 0.4) is 0 Å². The predicted molar refractivity (Wildman–Crippen MR) is 104 cm³/mol. The van der Waals surface area contributed by atoms with Gasteiger partial charge in [0.15, 0.2) is 0 Å². The fraction of sp³-hybridized carbons (Fsp3) is 0.318. The van der Waals surface area contributed by atoms with Crippen molar-refractivity contribution in [2.24, 2.45) is 0 Å². The van der Waals surface area contributed by atoms with Crippen LogP contribution >= 0.6 is 0 Å². The zero-order valence-corrected chi connectivity index (χ0v) is 15.1. The van der Waals surface area contributed by atoms with Gasteiger partial charge in [0.1, 0.15) is 0 Å². The molecule has 3 rings (SSSR count). The maximum atomic E-state index is 11.9. The Labute approximate surface area is 150 Å². The molecule has 0 radical (unpaired) electrons. The monoisotopic (exact) mass is 334 g/mol. The lowest BCUT2D eigenvalue weighted by atomic mass is 9.93.